The lowest BCUT2D eigenvalue weighted by molar-refractivity contribution is 0.0735. The number of aliphatic hydroxyl groups excluding tert-OH is 1. The number of benzene rings is 1. The van der Waals surface area contributed by atoms with E-state index in [9.17, 15) is 4.79 Å². The predicted molar refractivity (Wildman–Crippen MR) is 80.4 cm³/mol. The molecule has 6 nitrogen and oxygen atoms in total. The fourth-order valence-corrected chi connectivity index (χ4v) is 2.16. The highest BCUT2D eigenvalue weighted by molar-refractivity contribution is 5.94. The number of likely N-dealkylation sites (N-methyl/N-ethyl adjacent to an activating group) is 1. The van der Waals surface area contributed by atoms with E-state index in [0.29, 0.717) is 18.8 Å². The summed E-state index contributed by atoms with van der Waals surface area (Å²) in [7, 11) is 1.87. The van der Waals surface area contributed by atoms with Crippen LogP contribution in [0.25, 0.3) is 0 Å². The average Bonchev–Trinajstić information content (AvgIpc) is 2.54. The van der Waals surface area contributed by atoms with Gasteiger partial charge in [0.25, 0.3) is 5.91 Å². The second-order valence-electron chi connectivity index (χ2n) is 5.14. The molecule has 1 saturated heterocycles. The summed E-state index contributed by atoms with van der Waals surface area (Å²) in [5, 5.41) is 12.0. The third-order valence-electron chi connectivity index (χ3n) is 3.44. The number of hydrogen-bond acceptors (Lipinski definition) is 5. The number of amides is 1. The molecule has 0 radical (unpaired) electrons. The van der Waals surface area contributed by atoms with Crippen molar-refractivity contribution in [3.63, 3.8) is 0 Å². The van der Waals surface area contributed by atoms with Crippen LogP contribution in [0.3, 0.4) is 0 Å². The minimum atomic E-state index is 0.0699. The van der Waals surface area contributed by atoms with Crippen LogP contribution in [-0.2, 0) is 0 Å². The highest BCUT2D eigenvalue weighted by Crippen LogP contribution is 2.14. The number of rotatable bonds is 6. The van der Waals surface area contributed by atoms with Crippen LogP contribution in [0.15, 0.2) is 24.3 Å². The van der Waals surface area contributed by atoms with Gasteiger partial charge < -0.3 is 20.1 Å². The molecule has 0 atom stereocenters. The lowest BCUT2D eigenvalue weighted by Gasteiger charge is -2.27. The van der Waals surface area contributed by atoms with Gasteiger partial charge in [0.05, 0.1) is 6.61 Å². The van der Waals surface area contributed by atoms with Gasteiger partial charge in [0.1, 0.15) is 12.5 Å². The van der Waals surface area contributed by atoms with E-state index in [2.05, 4.69) is 5.32 Å². The average molecular weight is 293 g/mol. The van der Waals surface area contributed by atoms with Crippen molar-refractivity contribution in [2.24, 2.45) is 0 Å². The number of nitrogens with one attached hydrogen (secondary N) is 1. The molecule has 21 heavy (non-hydrogen) atoms. The highest BCUT2D eigenvalue weighted by atomic mass is 16.5. The Kier molecular flexibility index (Phi) is 5.98. The van der Waals surface area contributed by atoms with Gasteiger partial charge in [-0.2, -0.15) is 0 Å². The third-order valence-corrected chi connectivity index (χ3v) is 3.44. The van der Waals surface area contributed by atoms with Crippen molar-refractivity contribution in [2.75, 3.05) is 53.1 Å². The van der Waals surface area contributed by atoms with Crippen LogP contribution < -0.4 is 10.1 Å². The summed E-state index contributed by atoms with van der Waals surface area (Å²) in [6.07, 6.45) is 0. The van der Waals surface area contributed by atoms with E-state index in [4.69, 9.17) is 9.84 Å². The van der Waals surface area contributed by atoms with Crippen molar-refractivity contribution < 1.29 is 14.6 Å². The largest absolute Gasteiger partial charge is 0.478 e. The zero-order valence-corrected chi connectivity index (χ0v) is 12.4. The molecule has 1 aliphatic rings. The van der Waals surface area contributed by atoms with Gasteiger partial charge in [0, 0.05) is 38.3 Å². The molecular formula is C15H23N3O3. The van der Waals surface area contributed by atoms with Crippen LogP contribution in [0.5, 0.6) is 5.75 Å². The number of carbonyl (C=O) groups excluding carboxylic acids is 1. The zero-order valence-electron chi connectivity index (χ0n) is 12.4. The molecule has 1 aromatic carbocycles. The maximum Gasteiger partial charge on any atom is 0.253 e. The quantitative estimate of drug-likeness (QED) is 0.723. The van der Waals surface area contributed by atoms with Crippen LogP contribution in [0.1, 0.15) is 10.4 Å². The van der Waals surface area contributed by atoms with Crippen molar-refractivity contribution in [2.45, 2.75) is 0 Å². The van der Waals surface area contributed by atoms with Crippen LogP contribution >= 0.6 is 0 Å². The van der Waals surface area contributed by atoms with Gasteiger partial charge in [-0.3, -0.25) is 9.69 Å². The topological polar surface area (TPSA) is 65.0 Å². The Bertz CT molecular complexity index is 444. The third kappa shape index (κ3) is 4.70. The van der Waals surface area contributed by atoms with E-state index in [1.807, 2.05) is 29.0 Å². The first kappa shape index (κ1) is 15.8. The van der Waals surface area contributed by atoms with Crippen molar-refractivity contribution in [3.8, 4) is 5.75 Å². The number of ether oxygens (including phenoxy) is 1. The van der Waals surface area contributed by atoms with Gasteiger partial charge in [0.15, 0.2) is 0 Å². The first-order chi connectivity index (χ1) is 10.2. The van der Waals surface area contributed by atoms with Gasteiger partial charge in [-0.25, -0.2) is 0 Å². The predicted octanol–water partition coefficient (Wildman–Crippen LogP) is -0.00760. The Morgan fingerprint density at radius 3 is 2.62 bits per heavy atom. The zero-order chi connectivity index (χ0) is 15.1. The number of hydrogen-bond donors (Lipinski definition) is 2. The minimum absolute atomic E-state index is 0.0699. The second-order valence-corrected chi connectivity index (χ2v) is 5.14. The normalized spacial score (nSPS) is 15.3. The molecule has 2 rings (SSSR count). The van der Waals surface area contributed by atoms with Crippen molar-refractivity contribution in [1.82, 2.24) is 15.1 Å². The van der Waals surface area contributed by atoms with Crippen molar-refractivity contribution in [3.05, 3.63) is 29.8 Å². The van der Waals surface area contributed by atoms with E-state index in [1.165, 1.54) is 0 Å². The Balaban J connectivity index is 1.87. The molecule has 1 aromatic rings. The molecule has 2 N–H and O–H groups in total. The molecule has 0 spiro atoms. The number of piperazine rings is 1. The Morgan fingerprint density at radius 2 is 2.00 bits per heavy atom. The van der Waals surface area contributed by atoms with Crippen LogP contribution in [0, 0.1) is 0 Å². The second kappa shape index (κ2) is 7.97. The van der Waals surface area contributed by atoms with E-state index in [-0.39, 0.29) is 12.5 Å². The summed E-state index contributed by atoms with van der Waals surface area (Å²) in [5.41, 5.74) is 0.688. The molecule has 1 fully saturated rings. The van der Waals surface area contributed by atoms with Crippen LogP contribution in [-0.4, -0.2) is 73.9 Å². The summed E-state index contributed by atoms with van der Waals surface area (Å²) in [5.74, 6) is 0.789. The molecule has 0 aliphatic carbocycles. The molecule has 1 amide bonds. The van der Waals surface area contributed by atoms with E-state index in [0.717, 1.165) is 31.9 Å². The molecule has 1 aliphatic heterocycles. The summed E-state index contributed by atoms with van der Waals surface area (Å²) in [4.78, 5) is 16.0. The molecule has 0 bridgehead atoms. The van der Waals surface area contributed by atoms with E-state index >= 15 is 0 Å². The molecule has 0 unspecified atom stereocenters. The van der Waals surface area contributed by atoms with Crippen LogP contribution in [0.4, 0.5) is 0 Å². The summed E-state index contributed by atoms with van der Waals surface area (Å²) in [6, 6.07) is 7.21. The number of carbonyl (C=O) groups is 1. The molecule has 0 aromatic heterocycles. The summed E-state index contributed by atoms with van der Waals surface area (Å²) in [6.45, 7) is 4.30. The fraction of sp³-hybridized carbons (Fsp3) is 0.533. The fourth-order valence-electron chi connectivity index (χ4n) is 2.16. The number of aliphatic hydroxyl groups is 1. The molecule has 6 heteroatoms. The maximum atomic E-state index is 12.3. The van der Waals surface area contributed by atoms with Gasteiger partial charge >= 0.3 is 0 Å². The van der Waals surface area contributed by atoms with Gasteiger partial charge in [-0.15, -0.1) is 0 Å². The van der Waals surface area contributed by atoms with Crippen molar-refractivity contribution in [1.29, 1.82) is 0 Å². The van der Waals surface area contributed by atoms with Gasteiger partial charge in [-0.1, -0.05) is 0 Å². The first-order valence-corrected chi connectivity index (χ1v) is 7.23. The van der Waals surface area contributed by atoms with Crippen LogP contribution in [0.2, 0.25) is 0 Å². The monoisotopic (exact) mass is 293 g/mol. The lowest BCUT2D eigenvalue weighted by atomic mass is 10.2. The standard InChI is InChI=1S/C15H23N3O3/c1-17(10-11-19)12-21-14-4-2-13(3-5-14)15(20)18-8-6-16-7-9-18/h2-5,16,19H,6-12H2,1H3. The maximum absolute atomic E-state index is 12.3. The SMILES string of the molecule is CN(CCO)COc1ccc(C(=O)N2CCNCC2)cc1. The smallest absolute Gasteiger partial charge is 0.253 e. The molecule has 116 valence electrons. The minimum Gasteiger partial charge on any atom is -0.478 e. The van der Waals surface area contributed by atoms with E-state index < -0.39 is 0 Å². The van der Waals surface area contributed by atoms with E-state index in [1.54, 1.807) is 12.1 Å². The summed E-state index contributed by atoms with van der Waals surface area (Å²) >= 11 is 0. The van der Waals surface area contributed by atoms with Gasteiger partial charge in [-0.05, 0) is 31.3 Å². The Labute approximate surface area is 125 Å². The molecular weight excluding hydrogens is 270 g/mol. The van der Waals surface area contributed by atoms with Gasteiger partial charge in [0.2, 0.25) is 0 Å². The molecule has 0 saturated carbocycles. The Hall–Kier alpha value is -1.63. The Morgan fingerprint density at radius 1 is 1.33 bits per heavy atom. The summed E-state index contributed by atoms with van der Waals surface area (Å²) < 4.78 is 5.58. The first-order valence-electron chi connectivity index (χ1n) is 7.23. The molecule has 1 heterocycles. The lowest BCUT2D eigenvalue weighted by Crippen LogP contribution is -2.46. The van der Waals surface area contributed by atoms with Crippen molar-refractivity contribution >= 4 is 5.91 Å². The number of nitrogens with zero attached hydrogens (tertiary/aromatic N) is 2. The highest BCUT2D eigenvalue weighted by Gasteiger charge is 2.17.